The fourth-order valence-electron chi connectivity index (χ4n) is 2.04. The van der Waals surface area contributed by atoms with Gasteiger partial charge in [0.05, 0.1) is 12.2 Å². The first-order chi connectivity index (χ1) is 10.0. The van der Waals surface area contributed by atoms with Gasteiger partial charge in [-0.2, -0.15) is 18.2 Å². The molecular formula is C13H13ClF3N3O2. The largest absolute Gasteiger partial charge is 0.416 e. The molecule has 22 heavy (non-hydrogen) atoms. The van der Waals surface area contributed by atoms with Gasteiger partial charge in [0.15, 0.2) is 0 Å². The highest BCUT2D eigenvalue weighted by atomic mass is 35.5. The highest BCUT2D eigenvalue weighted by Crippen LogP contribution is 2.31. The number of hydrogen-bond donors (Lipinski definition) is 1. The van der Waals surface area contributed by atoms with Crippen LogP contribution in [0.2, 0.25) is 0 Å². The van der Waals surface area contributed by atoms with E-state index < -0.39 is 11.7 Å². The van der Waals surface area contributed by atoms with E-state index in [1.54, 1.807) is 0 Å². The average Bonchev–Trinajstić information content (AvgIpc) is 2.97. The van der Waals surface area contributed by atoms with E-state index in [9.17, 15) is 13.2 Å². The number of aromatic nitrogens is 2. The molecule has 0 saturated carbocycles. The minimum Gasteiger partial charge on any atom is -0.366 e. The van der Waals surface area contributed by atoms with Crippen LogP contribution >= 0.6 is 12.4 Å². The molecule has 1 saturated heterocycles. The zero-order valence-corrected chi connectivity index (χ0v) is 12.1. The van der Waals surface area contributed by atoms with Gasteiger partial charge < -0.3 is 14.6 Å². The van der Waals surface area contributed by atoms with Gasteiger partial charge in [-0.25, -0.2) is 0 Å². The standard InChI is InChI=1S/C13H12F3N3O2.ClH/c14-13(15,16)9-3-1-2-8(6-9)11-18-12(21-19-11)10-7-17-4-5-20-10;/h1-3,6,10,17H,4-5,7H2;1H/t10-;/m0./s1. The van der Waals surface area contributed by atoms with Gasteiger partial charge in [-0.3, -0.25) is 0 Å². The lowest BCUT2D eigenvalue weighted by Gasteiger charge is -2.19. The van der Waals surface area contributed by atoms with Crippen LogP contribution in [-0.2, 0) is 10.9 Å². The molecule has 5 nitrogen and oxygen atoms in total. The highest BCUT2D eigenvalue weighted by molar-refractivity contribution is 5.85. The molecule has 1 aliphatic rings. The fourth-order valence-corrected chi connectivity index (χ4v) is 2.04. The van der Waals surface area contributed by atoms with Crippen molar-refractivity contribution in [2.24, 2.45) is 0 Å². The lowest BCUT2D eigenvalue weighted by Crippen LogP contribution is -2.33. The monoisotopic (exact) mass is 335 g/mol. The van der Waals surface area contributed by atoms with Gasteiger partial charge in [0.1, 0.15) is 6.10 Å². The molecule has 0 bridgehead atoms. The van der Waals surface area contributed by atoms with Crippen LogP contribution in [0.5, 0.6) is 0 Å². The Morgan fingerprint density at radius 1 is 1.27 bits per heavy atom. The Bertz CT molecular complexity index is 627. The van der Waals surface area contributed by atoms with Crippen molar-refractivity contribution in [1.82, 2.24) is 15.5 Å². The summed E-state index contributed by atoms with van der Waals surface area (Å²) in [6, 6.07) is 4.81. The topological polar surface area (TPSA) is 60.2 Å². The maximum Gasteiger partial charge on any atom is 0.416 e. The molecule has 1 N–H and O–H groups in total. The zero-order chi connectivity index (χ0) is 14.9. The lowest BCUT2D eigenvalue weighted by atomic mass is 10.1. The van der Waals surface area contributed by atoms with Gasteiger partial charge in [0.25, 0.3) is 5.89 Å². The maximum atomic E-state index is 12.7. The van der Waals surface area contributed by atoms with Gasteiger partial charge in [0, 0.05) is 18.7 Å². The van der Waals surface area contributed by atoms with Gasteiger partial charge in [-0.1, -0.05) is 17.3 Å². The molecule has 0 spiro atoms. The third-order valence-corrected chi connectivity index (χ3v) is 3.09. The molecule has 9 heteroatoms. The first-order valence-electron chi connectivity index (χ1n) is 6.37. The predicted molar refractivity (Wildman–Crippen MR) is 73.5 cm³/mol. The van der Waals surface area contributed by atoms with Crippen LogP contribution in [0.1, 0.15) is 17.6 Å². The van der Waals surface area contributed by atoms with E-state index >= 15 is 0 Å². The average molecular weight is 336 g/mol. The van der Waals surface area contributed by atoms with Gasteiger partial charge >= 0.3 is 6.18 Å². The van der Waals surface area contributed by atoms with Crippen molar-refractivity contribution in [2.45, 2.75) is 12.3 Å². The summed E-state index contributed by atoms with van der Waals surface area (Å²) >= 11 is 0. The number of nitrogens with zero attached hydrogens (tertiary/aromatic N) is 2. The van der Waals surface area contributed by atoms with Crippen molar-refractivity contribution in [2.75, 3.05) is 19.7 Å². The van der Waals surface area contributed by atoms with Crippen molar-refractivity contribution < 1.29 is 22.4 Å². The van der Waals surface area contributed by atoms with E-state index in [4.69, 9.17) is 9.26 Å². The summed E-state index contributed by atoms with van der Waals surface area (Å²) in [7, 11) is 0. The normalized spacial score (nSPS) is 18.8. The van der Waals surface area contributed by atoms with Crippen molar-refractivity contribution >= 4 is 12.4 Å². The lowest BCUT2D eigenvalue weighted by molar-refractivity contribution is -0.137. The highest BCUT2D eigenvalue weighted by Gasteiger charge is 2.31. The van der Waals surface area contributed by atoms with E-state index in [1.807, 2.05) is 0 Å². The van der Waals surface area contributed by atoms with Crippen LogP contribution in [0.4, 0.5) is 13.2 Å². The molecule has 2 aromatic rings. The minimum absolute atomic E-state index is 0. The second-order valence-corrected chi connectivity index (χ2v) is 4.60. The summed E-state index contributed by atoms with van der Waals surface area (Å²) in [6.07, 6.45) is -4.77. The Hall–Kier alpha value is -1.64. The molecule has 1 aromatic heterocycles. The second kappa shape index (κ2) is 6.64. The number of halogens is 4. The first kappa shape index (κ1) is 16.7. The number of hydrogen-bond acceptors (Lipinski definition) is 5. The van der Waals surface area contributed by atoms with E-state index in [-0.39, 0.29) is 35.8 Å². The minimum atomic E-state index is -4.40. The number of alkyl halides is 3. The molecule has 0 aliphatic carbocycles. The summed E-state index contributed by atoms with van der Waals surface area (Å²) < 4.78 is 48.6. The fraction of sp³-hybridized carbons (Fsp3) is 0.385. The number of rotatable bonds is 2. The molecule has 1 aromatic carbocycles. The van der Waals surface area contributed by atoms with E-state index in [0.717, 1.165) is 18.7 Å². The van der Waals surface area contributed by atoms with Crippen LogP contribution in [0.25, 0.3) is 11.4 Å². The van der Waals surface area contributed by atoms with E-state index in [2.05, 4.69) is 15.5 Å². The summed E-state index contributed by atoms with van der Waals surface area (Å²) in [4.78, 5) is 4.12. The number of ether oxygens (including phenoxy) is 1. The molecule has 0 radical (unpaired) electrons. The summed E-state index contributed by atoms with van der Waals surface area (Å²) in [6.45, 7) is 1.79. The van der Waals surface area contributed by atoms with Crippen molar-refractivity contribution in [3.8, 4) is 11.4 Å². The SMILES string of the molecule is Cl.FC(F)(F)c1cccc(-c2noc([C@@H]3CNCCO3)n2)c1. The molecular weight excluding hydrogens is 323 g/mol. The molecule has 1 fully saturated rings. The zero-order valence-electron chi connectivity index (χ0n) is 11.3. The van der Waals surface area contributed by atoms with Crippen molar-refractivity contribution in [3.05, 3.63) is 35.7 Å². The van der Waals surface area contributed by atoms with E-state index in [1.165, 1.54) is 12.1 Å². The molecule has 0 unspecified atom stereocenters. The van der Waals surface area contributed by atoms with E-state index in [0.29, 0.717) is 13.2 Å². The summed E-state index contributed by atoms with van der Waals surface area (Å²) in [5.74, 6) is 0.375. The Balaban J connectivity index is 0.00000176. The van der Waals surface area contributed by atoms with Crippen LogP contribution in [-0.4, -0.2) is 29.8 Å². The quantitative estimate of drug-likeness (QED) is 0.914. The Morgan fingerprint density at radius 2 is 2.09 bits per heavy atom. The third-order valence-electron chi connectivity index (χ3n) is 3.09. The predicted octanol–water partition coefficient (Wildman–Crippen LogP) is 2.84. The van der Waals surface area contributed by atoms with Crippen LogP contribution in [0, 0.1) is 0 Å². The molecule has 2 heterocycles. The van der Waals surface area contributed by atoms with Crippen LogP contribution in [0.3, 0.4) is 0 Å². The number of morpholine rings is 1. The Morgan fingerprint density at radius 3 is 2.77 bits per heavy atom. The van der Waals surface area contributed by atoms with Crippen LogP contribution < -0.4 is 5.32 Å². The second-order valence-electron chi connectivity index (χ2n) is 4.60. The van der Waals surface area contributed by atoms with Crippen molar-refractivity contribution in [3.63, 3.8) is 0 Å². The van der Waals surface area contributed by atoms with Gasteiger partial charge in [0.2, 0.25) is 5.82 Å². The molecule has 0 amide bonds. The number of benzene rings is 1. The summed E-state index contributed by atoms with van der Waals surface area (Å²) in [5, 5.41) is 6.83. The molecule has 1 aliphatic heterocycles. The summed E-state index contributed by atoms with van der Waals surface area (Å²) in [5.41, 5.74) is -0.495. The van der Waals surface area contributed by atoms with Gasteiger partial charge in [-0.15, -0.1) is 12.4 Å². The molecule has 1 atom stereocenters. The smallest absolute Gasteiger partial charge is 0.366 e. The molecule has 3 rings (SSSR count). The molecule has 120 valence electrons. The van der Waals surface area contributed by atoms with Gasteiger partial charge in [-0.05, 0) is 12.1 Å². The Kier molecular flexibility index (Phi) is 5.05. The van der Waals surface area contributed by atoms with Crippen molar-refractivity contribution in [1.29, 1.82) is 0 Å². The first-order valence-corrected chi connectivity index (χ1v) is 6.37. The Labute approximate surface area is 130 Å². The maximum absolute atomic E-state index is 12.7. The van der Waals surface area contributed by atoms with Crippen LogP contribution in [0.15, 0.2) is 28.8 Å². The number of nitrogens with one attached hydrogen (secondary N) is 1. The third kappa shape index (κ3) is 3.57.